The van der Waals surface area contributed by atoms with Crippen LogP contribution in [0.15, 0.2) is 0 Å². The van der Waals surface area contributed by atoms with Crippen molar-refractivity contribution in [1.82, 2.24) is 0 Å². The lowest BCUT2D eigenvalue weighted by atomic mass is 12.0. The van der Waals surface area contributed by atoms with Crippen LogP contribution in [0.4, 0.5) is 0 Å². The summed E-state index contributed by atoms with van der Waals surface area (Å²) in [5.41, 5.74) is 0. The molecule has 0 amide bonds. The molecule has 3 heteroatoms. The molecule has 0 radical (unpaired) electrons. The van der Waals surface area contributed by atoms with Crippen molar-refractivity contribution in [3.05, 3.63) is 0 Å². The van der Waals surface area contributed by atoms with E-state index in [9.17, 15) is 0 Å². The van der Waals surface area contributed by atoms with Crippen LogP contribution < -0.4 is 0 Å². The quantitative estimate of drug-likeness (QED) is 0.381. The number of hydrogen-bond donors (Lipinski definition) is 0. The van der Waals surface area contributed by atoms with Gasteiger partial charge in [-0.3, -0.25) is 8.92 Å². The highest BCUT2D eigenvalue weighted by Crippen LogP contribution is 0.759. The fourth-order valence-electron chi connectivity index (χ4n) is 0. The minimum Gasteiger partial charge on any atom is -0.274 e. The molecule has 0 spiro atoms. The maximum absolute atomic E-state index is 8.40. The zero-order chi connectivity index (χ0) is 2.71. The third kappa shape index (κ3) is 36.2. The molecule has 0 aromatic rings. The Balaban J connectivity index is 0. The first-order valence-electron chi connectivity index (χ1n) is 0.408. The molecule has 0 saturated heterocycles. The van der Waals surface area contributed by atoms with Gasteiger partial charge in [0.05, 0.1) is 0 Å². The van der Waals surface area contributed by atoms with E-state index in [-0.39, 0.29) is 7.43 Å². The van der Waals surface area contributed by atoms with Crippen LogP contribution in [0.25, 0.3) is 0 Å². The standard InChI is InChI=1S/CH4.O2Si/c;1-3-2/h1H4;. The lowest BCUT2D eigenvalue weighted by molar-refractivity contribution is 0.497. The molecule has 0 saturated carbocycles. The Bertz CT molecular complexity index is 27.0. The van der Waals surface area contributed by atoms with E-state index >= 15 is 0 Å². The monoisotopic (exact) mass is 76.0 g/mol. The molecule has 0 aromatic heterocycles. The van der Waals surface area contributed by atoms with Crippen LogP contribution in [0.2, 0.25) is 0 Å². The third-order valence-electron chi connectivity index (χ3n) is 0. The van der Waals surface area contributed by atoms with E-state index < -0.39 is 9.29 Å². The number of rotatable bonds is 0. The second kappa shape index (κ2) is 13.9. The number of hydrogen-bond acceptors (Lipinski definition) is 2. The van der Waals surface area contributed by atoms with E-state index in [0.717, 1.165) is 0 Å². The predicted octanol–water partition coefficient (Wildman–Crippen LogP) is 0.0177. The zero-order valence-electron chi connectivity index (χ0n) is 1.32. The summed E-state index contributed by atoms with van der Waals surface area (Å²) in [5, 5.41) is 0. The summed E-state index contributed by atoms with van der Waals surface area (Å²) in [4.78, 5) is 0. The Morgan fingerprint density at radius 3 is 1.25 bits per heavy atom. The van der Waals surface area contributed by atoms with Gasteiger partial charge in [-0.1, -0.05) is 7.43 Å². The van der Waals surface area contributed by atoms with E-state index in [4.69, 9.17) is 8.92 Å². The molecule has 0 rings (SSSR count). The predicted molar refractivity (Wildman–Crippen MR) is 13.9 cm³/mol. The van der Waals surface area contributed by atoms with Crippen molar-refractivity contribution in [2.24, 2.45) is 0 Å². The fourth-order valence-corrected chi connectivity index (χ4v) is 0. The molecule has 4 heavy (non-hydrogen) atoms. The summed E-state index contributed by atoms with van der Waals surface area (Å²) in [6.45, 7) is 0. The highest BCUT2D eigenvalue weighted by Gasteiger charge is 1.22. The summed E-state index contributed by atoms with van der Waals surface area (Å²) in [7, 11) is -1.42. The Labute approximate surface area is 26.8 Å². The maximum atomic E-state index is 8.40. The Morgan fingerprint density at radius 1 is 1.25 bits per heavy atom. The summed E-state index contributed by atoms with van der Waals surface area (Å²) < 4.78 is 16.8. The molecule has 2 nitrogen and oxygen atoms in total. The van der Waals surface area contributed by atoms with Gasteiger partial charge < -0.3 is 0 Å². The average Bonchev–Trinajstić information content (AvgIpc) is 0.918. The largest absolute Gasteiger partial charge is 0.549 e. The van der Waals surface area contributed by atoms with Crippen LogP contribution in [0, 0.1) is 0 Å². The molecular weight excluding hydrogens is 72.1 g/mol. The van der Waals surface area contributed by atoms with Crippen molar-refractivity contribution in [1.29, 1.82) is 0 Å². The molecule has 0 N–H and O–H groups in total. The summed E-state index contributed by atoms with van der Waals surface area (Å²) in [6, 6.07) is 0. The van der Waals surface area contributed by atoms with Gasteiger partial charge in [0.25, 0.3) is 0 Å². The van der Waals surface area contributed by atoms with Crippen molar-refractivity contribution < 1.29 is 8.92 Å². The summed E-state index contributed by atoms with van der Waals surface area (Å²) in [5.74, 6) is 0. The average molecular weight is 76.1 g/mol. The van der Waals surface area contributed by atoms with E-state index in [1.807, 2.05) is 0 Å². The van der Waals surface area contributed by atoms with Gasteiger partial charge in [-0.05, 0) is 0 Å². The van der Waals surface area contributed by atoms with Gasteiger partial charge in [-0.2, -0.15) is 0 Å². The van der Waals surface area contributed by atoms with Crippen LogP contribution in [-0.2, 0) is 8.92 Å². The Kier molecular flexibility index (Phi) is 32.0. The second-order valence-corrected chi connectivity index (χ2v) is 0.250. The van der Waals surface area contributed by atoms with Gasteiger partial charge in [0.15, 0.2) is 0 Å². The van der Waals surface area contributed by atoms with Gasteiger partial charge in [-0.15, -0.1) is 0 Å². The first-order chi connectivity index (χ1) is 1.41. The fraction of sp³-hybridized carbons (Fsp3) is 1.00. The van der Waals surface area contributed by atoms with Crippen molar-refractivity contribution >= 4 is 9.29 Å². The molecule has 0 bridgehead atoms. The topological polar surface area (TPSA) is 34.1 Å². The highest BCUT2D eigenvalue weighted by atomic mass is 28.2. The maximum Gasteiger partial charge on any atom is 0.549 e. The molecular formula is CH4O2Si. The minimum absolute atomic E-state index is 0. The van der Waals surface area contributed by atoms with E-state index in [1.54, 1.807) is 0 Å². The lowest BCUT2D eigenvalue weighted by Crippen LogP contribution is -1.26. The van der Waals surface area contributed by atoms with Crippen LogP contribution in [0.5, 0.6) is 0 Å². The molecule has 0 aliphatic heterocycles. The van der Waals surface area contributed by atoms with Crippen molar-refractivity contribution in [3.63, 3.8) is 0 Å². The van der Waals surface area contributed by atoms with Crippen LogP contribution >= 0.6 is 0 Å². The van der Waals surface area contributed by atoms with E-state index in [1.165, 1.54) is 0 Å². The molecule has 0 fully saturated rings. The molecule has 0 heterocycles. The summed E-state index contributed by atoms with van der Waals surface area (Å²) >= 11 is 0. The molecule has 0 atom stereocenters. The van der Waals surface area contributed by atoms with Gasteiger partial charge in [-0.25, -0.2) is 0 Å². The van der Waals surface area contributed by atoms with E-state index in [0.29, 0.717) is 0 Å². The first-order valence-corrected chi connectivity index (χ1v) is 1.22. The molecule has 0 aliphatic rings. The van der Waals surface area contributed by atoms with Gasteiger partial charge >= 0.3 is 9.29 Å². The molecule has 0 aliphatic carbocycles. The zero-order valence-corrected chi connectivity index (χ0v) is 2.32. The third-order valence-corrected chi connectivity index (χ3v) is 0. The second-order valence-electron chi connectivity index (χ2n) is 0.0833. The van der Waals surface area contributed by atoms with Crippen LogP contribution in [0.1, 0.15) is 7.43 Å². The first kappa shape index (κ1) is 9.17. The molecule has 0 unspecified atom stereocenters. The van der Waals surface area contributed by atoms with Gasteiger partial charge in [0.1, 0.15) is 0 Å². The molecule has 24 valence electrons. The van der Waals surface area contributed by atoms with Crippen molar-refractivity contribution in [3.8, 4) is 0 Å². The van der Waals surface area contributed by atoms with Crippen LogP contribution in [-0.4, -0.2) is 9.29 Å². The SMILES string of the molecule is C.O=[Si]=O. The van der Waals surface area contributed by atoms with Crippen molar-refractivity contribution in [2.45, 2.75) is 7.43 Å². The Morgan fingerprint density at radius 2 is 1.25 bits per heavy atom. The molecule has 0 aromatic carbocycles. The van der Waals surface area contributed by atoms with Gasteiger partial charge in [0, 0.05) is 0 Å². The van der Waals surface area contributed by atoms with Crippen molar-refractivity contribution in [2.75, 3.05) is 0 Å². The minimum atomic E-state index is -1.42. The highest BCUT2D eigenvalue weighted by molar-refractivity contribution is 5.94. The van der Waals surface area contributed by atoms with Crippen LogP contribution in [0.3, 0.4) is 0 Å². The summed E-state index contributed by atoms with van der Waals surface area (Å²) in [6.07, 6.45) is 0. The van der Waals surface area contributed by atoms with Gasteiger partial charge in [0.2, 0.25) is 0 Å². The lowest BCUT2D eigenvalue weighted by Gasteiger charge is -0.944. The smallest absolute Gasteiger partial charge is 0.274 e. The normalized spacial score (nSPS) is 2.00. The van der Waals surface area contributed by atoms with E-state index in [2.05, 4.69) is 0 Å². The Hall–Kier alpha value is -0.183.